The molecule has 3 aromatic heterocycles. The van der Waals surface area contributed by atoms with Gasteiger partial charge < -0.3 is 9.73 Å². The molecule has 0 unspecified atom stereocenters. The predicted molar refractivity (Wildman–Crippen MR) is 111 cm³/mol. The normalized spacial score (nSPS) is 11.1. The summed E-state index contributed by atoms with van der Waals surface area (Å²) >= 11 is 1.12. The first-order chi connectivity index (χ1) is 13.9. The van der Waals surface area contributed by atoms with Gasteiger partial charge in [-0.3, -0.25) is 18.7 Å². The molecule has 8 heteroatoms. The molecule has 1 amide bonds. The lowest BCUT2D eigenvalue weighted by Crippen LogP contribution is -2.38. The maximum absolute atomic E-state index is 12.9. The molecule has 7 nitrogen and oxygen atoms in total. The lowest BCUT2D eigenvalue weighted by Gasteiger charge is -2.08. The average molecular weight is 409 g/mol. The number of carbonyl (C=O) groups excluding carboxylic acids is 1. The van der Waals surface area contributed by atoms with Crippen LogP contribution in [0, 0.1) is 6.92 Å². The van der Waals surface area contributed by atoms with E-state index < -0.39 is 11.2 Å². The number of amides is 1. The molecule has 0 atom stereocenters. The molecule has 0 aliphatic carbocycles. The van der Waals surface area contributed by atoms with Crippen LogP contribution in [0.2, 0.25) is 0 Å². The van der Waals surface area contributed by atoms with Crippen LogP contribution >= 0.6 is 11.3 Å². The Morgan fingerprint density at radius 3 is 2.59 bits per heavy atom. The maximum Gasteiger partial charge on any atom is 0.332 e. The number of hydrogen-bond donors (Lipinski definition) is 1. The standard InChI is InChI=1S/C21H19N3O4S/c1-13-8-9-15(28-13)11-22-18(25)17-10-16-19(26)24(12-14-6-4-3-5-7-14)21(27)23(2)20(16)29-17/h3-10H,11-12H2,1-2H3,(H,22,25). The second-order valence-electron chi connectivity index (χ2n) is 6.74. The van der Waals surface area contributed by atoms with E-state index >= 15 is 0 Å². The third-order valence-corrected chi connectivity index (χ3v) is 5.85. The van der Waals surface area contributed by atoms with Crippen molar-refractivity contribution in [1.29, 1.82) is 0 Å². The second kappa shape index (κ2) is 7.56. The highest BCUT2D eigenvalue weighted by atomic mass is 32.1. The molecule has 0 aliphatic heterocycles. The molecule has 4 aromatic rings. The number of benzene rings is 1. The molecule has 1 N–H and O–H groups in total. The fourth-order valence-electron chi connectivity index (χ4n) is 3.14. The highest BCUT2D eigenvalue weighted by Gasteiger charge is 2.18. The number of carbonyl (C=O) groups is 1. The Hall–Kier alpha value is -3.39. The summed E-state index contributed by atoms with van der Waals surface area (Å²) in [5, 5.41) is 3.13. The molecule has 0 radical (unpaired) electrons. The molecule has 29 heavy (non-hydrogen) atoms. The van der Waals surface area contributed by atoms with Gasteiger partial charge in [0.15, 0.2) is 0 Å². The quantitative estimate of drug-likeness (QED) is 0.549. The Morgan fingerprint density at radius 2 is 1.90 bits per heavy atom. The van der Waals surface area contributed by atoms with Crippen molar-refractivity contribution in [2.75, 3.05) is 0 Å². The van der Waals surface area contributed by atoms with Crippen LogP contribution in [0.3, 0.4) is 0 Å². The van der Waals surface area contributed by atoms with E-state index in [9.17, 15) is 14.4 Å². The van der Waals surface area contributed by atoms with Crippen LogP contribution in [0.25, 0.3) is 10.2 Å². The molecule has 4 rings (SSSR count). The summed E-state index contributed by atoms with van der Waals surface area (Å²) in [4.78, 5) is 39.0. The van der Waals surface area contributed by atoms with Crippen molar-refractivity contribution < 1.29 is 9.21 Å². The minimum absolute atomic E-state index is 0.178. The van der Waals surface area contributed by atoms with Crippen LogP contribution in [0.1, 0.15) is 26.8 Å². The summed E-state index contributed by atoms with van der Waals surface area (Å²) in [5.41, 5.74) is 0.0446. The van der Waals surface area contributed by atoms with Crippen LogP contribution in [0.5, 0.6) is 0 Å². The van der Waals surface area contributed by atoms with Crippen LogP contribution in [-0.4, -0.2) is 15.0 Å². The zero-order valence-electron chi connectivity index (χ0n) is 16.0. The Morgan fingerprint density at radius 1 is 1.14 bits per heavy atom. The van der Waals surface area contributed by atoms with Crippen LogP contribution in [0.15, 0.2) is 62.5 Å². The van der Waals surface area contributed by atoms with Gasteiger partial charge in [0.2, 0.25) is 0 Å². The van der Waals surface area contributed by atoms with E-state index in [1.165, 1.54) is 9.13 Å². The number of nitrogens with zero attached hydrogens (tertiary/aromatic N) is 2. The number of rotatable bonds is 5. The van der Waals surface area contributed by atoms with Crippen molar-refractivity contribution in [2.24, 2.45) is 7.05 Å². The Bertz CT molecular complexity index is 1310. The number of furan rings is 1. The van der Waals surface area contributed by atoms with Gasteiger partial charge in [-0.1, -0.05) is 30.3 Å². The van der Waals surface area contributed by atoms with Crippen LogP contribution < -0.4 is 16.6 Å². The first kappa shape index (κ1) is 18.9. The summed E-state index contributed by atoms with van der Waals surface area (Å²) in [6.45, 7) is 2.26. The van der Waals surface area contributed by atoms with Crippen LogP contribution in [-0.2, 0) is 20.1 Å². The van der Waals surface area contributed by atoms with Gasteiger partial charge >= 0.3 is 5.69 Å². The zero-order chi connectivity index (χ0) is 20.5. The molecule has 3 heterocycles. The molecule has 0 saturated heterocycles. The molecular formula is C21H19N3O4S. The fourth-order valence-corrected chi connectivity index (χ4v) is 4.16. The smallest absolute Gasteiger partial charge is 0.332 e. The maximum atomic E-state index is 12.9. The summed E-state index contributed by atoms with van der Waals surface area (Å²) in [6.07, 6.45) is 0. The van der Waals surface area contributed by atoms with E-state index in [0.717, 1.165) is 22.7 Å². The van der Waals surface area contributed by atoms with Gasteiger partial charge in [-0.2, -0.15) is 0 Å². The molecule has 0 saturated carbocycles. The second-order valence-corrected chi connectivity index (χ2v) is 7.77. The van der Waals surface area contributed by atoms with Crippen molar-refractivity contribution in [3.8, 4) is 0 Å². The lowest BCUT2D eigenvalue weighted by molar-refractivity contribution is 0.0952. The number of thiophene rings is 1. The van der Waals surface area contributed by atoms with Gasteiger partial charge in [0.25, 0.3) is 11.5 Å². The zero-order valence-corrected chi connectivity index (χ0v) is 16.8. The average Bonchev–Trinajstić information content (AvgIpc) is 3.35. The molecule has 1 aromatic carbocycles. The topological polar surface area (TPSA) is 86.2 Å². The molecule has 148 valence electrons. The first-order valence-corrected chi connectivity index (χ1v) is 9.86. The molecule has 0 bridgehead atoms. The minimum Gasteiger partial charge on any atom is -0.465 e. The summed E-state index contributed by atoms with van der Waals surface area (Å²) in [6, 6.07) is 14.5. The number of aromatic nitrogens is 2. The number of fused-ring (bicyclic) bond motifs is 1. The van der Waals surface area contributed by atoms with Crippen LogP contribution in [0.4, 0.5) is 0 Å². The van der Waals surface area contributed by atoms with Gasteiger partial charge in [-0.15, -0.1) is 11.3 Å². The predicted octanol–water partition coefficient (Wildman–Crippen LogP) is 2.64. The van der Waals surface area contributed by atoms with E-state index in [2.05, 4.69) is 5.32 Å². The van der Waals surface area contributed by atoms with Gasteiger partial charge in [0.05, 0.1) is 23.4 Å². The van der Waals surface area contributed by atoms with E-state index in [4.69, 9.17) is 4.42 Å². The van der Waals surface area contributed by atoms with Gasteiger partial charge in [0, 0.05) is 7.05 Å². The lowest BCUT2D eigenvalue weighted by atomic mass is 10.2. The largest absolute Gasteiger partial charge is 0.465 e. The number of nitrogens with one attached hydrogen (secondary N) is 1. The highest BCUT2D eigenvalue weighted by molar-refractivity contribution is 7.20. The number of aryl methyl sites for hydroxylation is 2. The van der Waals surface area contributed by atoms with Gasteiger partial charge in [-0.05, 0) is 30.7 Å². The van der Waals surface area contributed by atoms with E-state index in [-0.39, 0.29) is 19.0 Å². The SMILES string of the molecule is Cc1ccc(CNC(=O)c2cc3c(=O)n(Cc4ccccc4)c(=O)n(C)c3s2)o1. The van der Waals surface area contributed by atoms with Crippen molar-refractivity contribution in [2.45, 2.75) is 20.0 Å². The van der Waals surface area contributed by atoms with Crippen molar-refractivity contribution >= 4 is 27.5 Å². The van der Waals surface area contributed by atoms with Gasteiger partial charge in [-0.25, -0.2) is 4.79 Å². The monoisotopic (exact) mass is 409 g/mol. The fraction of sp³-hybridized carbons (Fsp3) is 0.190. The van der Waals surface area contributed by atoms with Gasteiger partial charge in [0.1, 0.15) is 16.4 Å². The van der Waals surface area contributed by atoms with E-state index in [1.807, 2.05) is 43.3 Å². The van der Waals surface area contributed by atoms with Crippen molar-refractivity contribution in [1.82, 2.24) is 14.5 Å². The number of hydrogen-bond acceptors (Lipinski definition) is 5. The molecule has 0 spiro atoms. The molecule has 0 fully saturated rings. The van der Waals surface area contributed by atoms with Crippen molar-refractivity contribution in [3.63, 3.8) is 0 Å². The molecule has 0 aliphatic rings. The highest BCUT2D eigenvalue weighted by Crippen LogP contribution is 2.22. The minimum atomic E-state index is -0.411. The Labute approximate surface area is 169 Å². The summed E-state index contributed by atoms with van der Waals surface area (Å²) in [5.74, 6) is 1.10. The third kappa shape index (κ3) is 3.66. The summed E-state index contributed by atoms with van der Waals surface area (Å²) < 4.78 is 8.05. The molecular weight excluding hydrogens is 390 g/mol. The first-order valence-electron chi connectivity index (χ1n) is 9.05. The van der Waals surface area contributed by atoms with E-state index in [1.54, 1.807) is 19.2 Å². The Balaban J connectivity index is 1.67. The Kier molecular flexibility index (Phi) is 4.94. The summed E-state index contributed by atoms with van der Waals surface area (Å²) in [7, 11) is 1.61. The van der Waals surface area contributed by atoms with Crippen molar-refractivity contribution in [3.05, 3.63) is 91.3 Å². The van der Waals surface area contributed by atoms with E-state index in [0.29, 0.717) is 20.9 Å². The third-order valence-electron chi connectivity index (χ3n) is 4.64.